The lowest BCUT2D eigenvalue weighted by atomic mass is 9.49. The Morgan fingerprint density at radius 2 is 1.90 bits per heavy atom. The number of aryl methyl sites for hydroxylation is 1. The SMILES string of the molecule is C=CCn1c(CC23CC4CC(CC(C4)C2)C3)nnc1SCC(=O)Nc1nnc(C)s1. The Kier molecular flexibility index (Phi) is 5.43. The summed E-state index contributed by atoms with van der Waals surface area (Å²) in [6.45, 7) is 6.46. The largest absolute Gasteiger partial charge is 0.302 e. The Bertz CT molecular complexity index is 916. The van der Waals surface area contributed by atoms with Crippen LogP contribution >= 0.6 is 23.1 Å². The number of nitrogens with one attached hydrogen (secondary N) is 1. The first-order valence-corrected chi connectivity index (χ1v) is 12.6. The van der Waals surface area contributed by atoms with Gasteiger partial charge in [-0.3, -0.25) is 10.1 Å². The molecule has 4 aliphatic carbocycles. The zero-order valence-electron chi connectivity index (χ0n) is 17.3. The Labute approximate surface area is 185 Å². The van der Waals surface area contributed by atoms with Gasteiger partial charge in [0.15, 0.2) is 5.16 Å². The minimum absolute atomic E-state index is 0.105. The normalized spacial score (nSPS) is 29.3. The van der Waals surface area contributed by atoms with Crippen LogP contribution in [0.15, 0.2) is 17.8 Å². The summed E-state index contributed by atoms with van der Waals surface area (Å²) in [5.41, 5.74) is 0.412. The van der Waals surface area contributed by atoms with Crippen molar-refractivity contribution in [2.75, 3.05) is 11.1 Å². The number of hydrogen-bond acceptors (Lipinski definition) is 7. The molecule has 0 saturated heterocycles. The summed E-state index contributed by atoms with van der Waals surface area (Å²) in [4.78, 5) is 12.3. The van der Waals surface area contributed by atoms with Crippen LogP contribution in [0.3, 0.4) is 0 Å². The molecule has 0 aromatic carbocycles. The summed E-state index contributed by atoms with van der Waals surface area (Å²) in [5.74, 6) is 3.99. The Balaban J connectivity index is 1.27. The second-order valence-corrected chi connectivity index (χ2v) is 11.5. The van der Waals surface area contributed by atoms with Crippen LogP contribution in [0.25, 0.3) is 0 Å². The summed E-state index contributed by atoms with van der Waals surface area (Å²) in [6, 6.07) is 0. The lowest BCUT2D eigenvalue weighted by Gasteiger charge is -2.56. The van der Waals surface area contributed by atoms with Crippen LogP contribution in [0.5, 0.6) is 0 Å². The highest BCUT2D eigenvalue weighted by Crippen LogP contribution is 2.61. The molecule has 30 heavy (non-hydrogen) atoms. The van der Waals surface area contributed by atoms with Gasteiger partial charge in [0.25, 0.3) is 0 Å². The van der Waals surface area contributed by atoms with Gasteiger partial charge in [0.2, 0.25) is 11.0 Å². The lowest BCUT2D eigenvalue weighted by Crippen LogP contribution is -2.47. The van der Waals surface area contributed by atoms with Gasteiger partial charge in [-0.05, 0) is 68.6 Å². The summed E-state index contributed by atoms with van der Waals surface area (Å²) in [5, 5.41) is 21.8. The molecule has 0 aliphatic heterocycles. The first-order chi connectivity index (χ1) is 14.5. The zero-order chi connectivity index (χ0) is 20.7. The molecule has 9 heteroatoms. The molecular weight excluding hydrogens is 416 g/mol. The van der Waals surface area contributed by atoms with E-state index in [9.17, 15) is 4.79 Å². The molecule has 2 aromatic rings. The van der Waals surface area contributed by atoms with Crippen molar-refractivity contribution >= 4 is 34.1 Å². The Morgan fingerprint density at radius 3 is 2.50 bits per heavy atom. The summed E-state index contributed by atoms with van der Waals surface area (Å²) in [7, 11) is 0. The van der Waals surface area contributed by atoms with E-state index >= 15 is 0 Å². The predicted molar refractivity (Wildman–Crippen MR) is 119 cm³/mol. The monoisotopic (exact) mass is 444 g/mol. The summed E-state index contributed by atoms with van der Waals surface area (Å²) >= 11 is 2.79. The molecular formula is C21H28N6OS2. The molecule has 4 bridgehead atoms. The number of thioether (sulfide) groups is 1. The number of carbonyl (C=O) groups is 1. The topological polar surface area (TPSA) is 85.6 Å². The van der Waals surface area contributed by atoms with Crippen molar-refractivity contribution in [2.24, 2.45) is 23.2 Å². The average molecular weight is 445 g/mol. The maximum atomic E-state index is 12.3. The highest BCUT2D eigenvalue weighted by atomic mass is 32.2. The van der Waals surface area contributed by atoms with Gasteiger partial charge < -0.3 is 4.57 Å². The number of allylic oxidation sites excluding steroid dienone is 1. The minimum Gasteiger partial charge on any atom is -0.302 e. The van der Waals surface area contributed by atoms with E-state index in [0.29, 0.717) is 17.1 Å². The molecule has 7 nitrogen and oxygen atoms in total. The van der Waals surface area contributed by atoms with E-state index in [1.54, 1.807) is 0 Å². The molecule has 1 amide bonds. The van der Waals surface area contributed by atoms with Gasteiger partial charge in [-0.2, -0.15) is 0 Å². The van der Waals surface area contributed by atoms with Gasteiger partial charge in [0, 0.05) is 13.0 Å². The lowest BCUT2D eigenvalue weighted by molar-refractivity contribution is -0.113. The Morgan fingerprint density at radius 1 is 1.20 bits per heavy atom. The molecule has 6 rings (SSSR count). The van der Waals surface area contributed by atoms with Gasteiger partial charge in [-0.1, -0.05) is 29.2 Å². The van der Waals surface area contributed by atoms with E-state index < -0.39 is 0 Å². The second kappa shape index (κ2) is 8.07. The van der Waals surface area contributed by atoms with Crippen molar-refractivity contribution in [3.8, 4) is 0 Å². The van der Waals surface area contributed by atoms with E-state index in [4.69, 9.17) is 0 Å². The molecule has 2 aromatic heterocycles. The van der Waals surface area contributed by atoms with Crippen LogP contribution in [-0.4, -0.2) is 36.6 Å². The van der Waals surface area contributed by atoms with Crippen LogP contribution in [0, 0.1) is 30.1 Å². The standard InChI is InChI=1S/C21H28N6OS2/c1-3-4-27-17(11-21-8-14-5-15(9-21)7-16(6-14)10-21)24-26-20(27)29-12-18(28)22-19-25-23-13(2)30-19/h3,14-16H,1,4-12H2,2H3,(H,22,25,28). The molecule has 1 N–H and O–H groups in total. The number of aromatic nitrogens is 5. The van der Waals surface area contributed by atoms with E-state index in [2.05, 4.69) is 36.9 Å². The number of nitrogens with zero attached hydrogens (tertiary/aromatic N) is 5. The Hall–Kier alpha value is -1.74. The van der Waals surface area contributed by atoms with Crippen molar-refractivity contribution in [2.45, 2.75) is 63.6 Å². The van der Waals surface area contributed by atoms with Crippen LogP contribution in [0.1, 0.15) is 49.4 Å². The van der Waals surface area contributed by atoms with Crippen LogP contribution < -0.4 is 5.32 Å². The number of anilines is 1. The van der Waals surface area contributed by atoms with Crippen LogP contribution in [0.4, 0.5) is 5.13 Å². The van der Waals surface area contributed by atoms with Crippen molar-refractivity contribution in [1.29, 1.82) is 0 Å². The third kappa shape index (κ3) is 4.06. The first kappa shape index (κ1) is 20.2. The molecule has 0 radical (unpaired) electrons. The van der Waals surface area contributed by atoms with Gasteiger partial charge in [-0.25, -0.2) is 0 Å². The smallest absolute Gasteiger partial charge is 0.236 e. The number of rotatable bonds is 8. The maximum Gasteiger partial charge on any atom is 0.236 e. The highest BCUT2D eigenvalue weighted by Gasteiger charge is 2.51. The predicted octanol–water partition coefficient (Wildman–Crippen LogP) is 4.11. The maximum absolute atomic E-state index is 12.3. The summed E-state index contributed by atoms with van der Waals surface area (Å²) < 4.78 is 2.15. The molecule has 2 heterocycles. The third-order valence-electron chi connectivity index (χ3n) is 6.91. The third-order valence-corrected chi connectivity index (χ3v) is 8.63. The molecule has 4 fully saturated rings. The van der Waals surface area contributed by atoms with Crippen molar-refractivity contribution in [1.82, 2.24) is 25.0 Å². The number of carbonyl (C=O) groups excluding carboxylic acids is 1. The quantitative estimate of drug-likeness (QED) is 0.487. The fourth-order valence-electron chi connectivity index (χ4n) is 6.34. The molecule has 160 valence electrons. The van der Waals surface area contributed by atoms with E-state index in [1.807, 2.05) is 13.0 Å². The van der Waals surface area contributed by atoms with Crippen molar-refractivity contribution < 1.29 is 4.79 Å². The average Bonchev–Trinajstić information content (AvgIpc) is 3.25. The number of amides is 1. The highest BCUT2D eigenvalue weighted by molar-refractivity contribution is 7.99. The van der Waals surface area contributed by atoms with Crippen LogP contribution in [-0.2, 0) is 17.8 Å². The van der Waals surface area contributed by atoms with Gasteiger partial charge >= 0.3 is 0 Å². The summed E-state index contributed by atoms with van der Waals surface area (Å²) in [6.07, 6.45) is 11.3. The molecule has 4 aliphatic rings. The van der Waals surface area contributed by atoms with Crippen molar-refractivity contribution in [3.63, 3.8) is 0 Å². The van der Waals surface area contributed by atoms with Crippen molar-refractivity contribution in [3.05, 3.63) is 23.5 Å². The van der Waals surface area contributed by atoms with E-state index in [1.165, 1.54) is 61.6 Å². The molecule has 0 unspecified atom stereocenters. The number of hydrogen-bond donors (Lipinski definition) is 1. The first-order valence-electron chi connectivity index (χ1n) is 10.8. The minimum atomic E-state index is -0.105. The molecule has 4 saturated carbocycles. The van der Waals surface area contributed by atoms with E-state index in [-0.39, 0.29) is 11.7 Å². The fraction of sp³-hybridized carbons (Fsp3) is 0.667. The molecule has 0 atom stereocenters. The van der Waals surface area contributed by atoms with Crippen LogP contribution in [0.2, 0.25) is 0 Å². The fourth-order valence-corrected chi connectivity index (χ4v) is 7.72. The second-order valence-electron chi connectivity index (χ2n) is 9.36. The van der Waals surface area contributed by atoms with E-state index in [0.717, 1.165) is 40.2 Å². The zero-order valence-corrected chi connectivity index (χ0v) is 19.0. The van der Waals surface area contributed by atoms with Gasteiger partial charge in [-0.15, -0.1) is 27.0 Å². The molecule has 0 spiro atoms. The van der Waals surface area contributed by atoms with Gasteiger partial charge in [0.1, 0.15) is 10.8 Å². The van der Waals surface area contributed by atoms with Gasteiger partial charge in [0.05, 0.1) is 5.75 Å².